The van der Waals surface area contributed by atoms with Crippen molar-refractivity contribution in [1.82, 2.24) is 9.80 Å². The van der Waals surface area contributed by atoms with Crippen molar-refractivity contribution in [1.29, 1.82) is 0 Å². The van der Waals surface area contributed by atoms with Crippen LogP contribution in [0.4, 0.5) is 0 Å². The fourth-order valence-corrected chi connectivity index (χ4v) is 4.31. The molecule has 2 aliphatic heterocycles. The van der Waals surface area contributed by atoms with E-state index >= 15 is 0 Å². The summed E-state index contributed by atoms with van der Waals surface area (Å²) in [4.78, 5) is 42.1. The monoisotopic (exact) mass is 400 g/mol. The second-order valence-corrected chi connectivity index (χ2v) is 8.48. The minimum Gasteiger partial charge on any atom is -0.466 e. The summed E-state index contributed by atoms with van der Waals surface area (Å²) in [6.07, 6.45) is 2.47. The average molecular weight is 401 g/mol. The van der Waals surface area contributed by atoms with Crippen molar-refractivity contribution in [2.75, 3.05) is 19.7 Å². The van der Waals surface area contributed by atoms with E-state index in [1.807, 2.05) is 38.1 Å². The van der Waals surface area contributed by atoms with Crippen molar-refractivity contribution in [3.05, 3.63) is 35.4 Å². The van der Waals surface area contributed by atoms with Gasteiger partial charge in [-0.05, 0) is 36.8 Å². The van der Waals surface area contributed by atoms with Crippen molar-refractivity contribution in [3.8, 4) is 0 Å². The molecule has 2 aliphatic rings. The fraction of sp³-hybridized carbons (Fsp3) is 0.609. The van der Waals surface area contributed by atoms with Crippen molar-refractivity contribution in [3.63, 3.8) is 0 Å². The molecular weight excluding hydrogens is 368 g/mol. The Kier molecular flexibility index (Phi) is 6.93. The predicted molar refractivity (Wildman–Crippen MR) is 110 cm³/mol. The molecule has 2 amide bonds. The number of carbonyl (C=O) groups excluding carboxylic acids is 3. The van der Waals surface area contributed by atoms with Gasteiger partial charge in [0.15, 0.2) is 0 Å². The number of fused-ring (bicyclic) bond motifs is 1. The van der Waals surface area contributed by atoms with Crippen LogP contribution in [0.5, 0.6) is 0 Å². The maximum Gasteiger partial charge on any atom is 0.310 e. The molecule has 0 aliphatic carbocycles. The number of carbonyl (C=O) groups is 3. The van der Waals surface area contributed by atoms with Crippen LogP contribution < -0.4 is 0 Å². The first kappa shape index (κ1) is 21.3. The van der Waals surface area contributed by atoms with Gasteiger partial charge in [0.1, 0.15) is 6.04 Å². The molecule has 2 heterocycles. The number of esters is 1. The number of nitrogens with zero attached hydrogens (tertiary/aromatic N) is 2. The third-order valence-electron chi connectivity index (χ3n) is 5.79. The lowest BCUT2D eigenvalue weighted by molar-refractivity contribution is -0.154. The summed E-state index contributed by atoms with van der Waals surface area (Å²) >= 11 is 0. The molecule has 0 bridgehead atoms. The number of likely N-dealkylation sites (tertiary alicyclic amines) is 1. The first-order valence-corrected chi connectivity index (χ1v) is 10.7. The maximum absolute atomic E-state index is 13.5. The molecule has 0 saturated carbocycles. The van der Waals surface area contributed by atoms with Gasteiger partial charge in [0.05, 0.1) is 12.5 Å². The largest absolute Gasteiger partial charge is 0.466 e. The van der Waals surface area contributed by atoms with Crippen LogP contribution in [0.15, 0.2) is 24.3 Å². The number of hydrogen-bond acceptors (Lipinski definition) is 4. The van der Waals surface area contributed by atoms with Crippen LogP contribution in [0.3, 0.4) is 0 Å². The van der Waals surface area contributed by atoms with E-state index in [1.54, 1.807) is 16.7 Å². The van der Waals surface area contributed by atoms with Gasteiger partial charge in [0, 0.05) is 32.5 Å². The van der Waals surface area contributed by atoms with Crippen LogP contribution in [0.2, 0.25) is 0 Å². The SMILES string of the molecule is CCOC(=O)C1CCCN(C(=O)C2Cc3ccccc3CN2C(=O)CC(C)C)C1. The van der Waals surface area contributed by atoms with Crippen molar-refractivity contribution < 1.29 is 19.1 Å². The van der Waals surface area contributed by atoms with Crippen LogP contribution in [0.1, 0.15) is 51.2 Å². The smallest absolute Gasteiger partial charge is 0.310 e. The number of ether oxygens (including phenoxy) is 1. The molecule has 0 aromatic heterocycles. The molecule has 0 N–H and O–H groups in total. The average Bonchev–Trinajstić information content (AvgIpc) is 2.72. The zero-order valence-electron chi connectivity index (χ0n) is 17.7. The fourth-order valence-electron chi connectivity index (χ4n) is 4.31. The Hall–Kier alpha value is -2.37. The Morgan fingerprint density at radius 3 is 2.59 bits per heavy atom. The summed E-state index contributed by atoms with van der Waals surface area (Å²) in [5, 5.41) is 0. The molecule has 2 atom stereocenters. The molecule has 2 unspecified atom stereocenters. The van der Waals surface area contributed by atoms with E-state index < -0.39 is 6.04 Å². The molecule has 3 rings (SSSR count). The Balaban J connectivity index is 1.80. The third kappa shape index (κ3) is 4.98. The molecule has 1 aromatic carbocycles. The zero-order valence-corrected chi connectivity index (χ0v) is 17.7. The van der Waals surface area contributed by atoms with Crippen LogP contribution in [-0.4, -0.2) is 53.3 Å². The number of rotatable bonds is 5. The highest BCUT2D eigenvalue weighted by Gasteiger charge is 2.39. The third-order valence-corrected chi connectivity index (χ3v) is 5.79. The topological polar surface area (TPSA) is 66.9 Å². The van der Waals surface area contributed by atoms with Gasteiger partial charge in [-0.3, -0.25) is 14.4 Å². The number of piperidine rings is 1. The summed E-state index contributed by atoms with van der Waals surface area (Å²) in [5.41, 5.74) is 2.23. The molecule has 29 heavy (non-hydrogen) atoms. The van der Waals surface area contributed by atoms with Gasteiger partial charge in [-0.25, -0.2) is 0 Å². The Morgan fingerprint density at radius 2 is 1.90 bits per heavy atom. The first-order chi connectivity index (χ1) is 13.9. The number of benzene rings is 1. The quantitative estimate of drug-likeness (QED) is 0.713. The molecule has 0 spiro atoms. The minimum atomic E-state index is -0.503. The van der Waals surface area contributed by atoms with E-state index in [2.05, 4.69) is 0 Å². The molecule has 6 nitrogen and oxygen atoms in total. The second kappa shape index (κ2) is 9.42. The summed E-state index contributed by atoms with van der Waals surface area (Å²) in [7, 11) is 0. The molecule has 158 valence electrons. The lowest BCUT2D eigenvalue weighted by Crippen LogP contribution is -2.56. The number of amides is 2. The van der Waals surface area contributed by atoms with Gasteiger partial charge in [-0.15, -0.1) is 0 Å². The highest BCUT2D eigenvalue weighted by Crippen LogP contribution is 2.27. The van der Waals surface area contributed by atoms with E-state index in [0.29, 0.717) is 39.1 Å². The maximum atomic E-state index is 13.5. The Labute approximate surface area is 173 Å². The van der Waals surface area contributed by atoms with Crippen LogP contribution in [0, 0.1) is 11.8 Å². The van der Waals surface area contributed by atoms with Gasteiger partial charge < -0.3 is 14.5 Å². The summed E-state index contributed by atoms with van der Waals surface area (Å²) < 4.78 is 5.16. The van der Waals surface area contributed by atoms with Crippen molar-refractivity contribution in [2.45, 2.75) is 59.0 Å². The molecule has 1 fully saturated rings. The highest BCUT2D eigenvalue weighted by atomic mass is 16.5. The molecule has 1 saturated heterocycles. The highest BCUT2D eigenvalue weighted by molar-refractivity contribution is 5.89. The van der Waals surface area contributed by atoms with E-state index in [9.17, 15) is 14.4 Å². The van der Waals surface area contributed by atoms with E-state index in [-0.39, 0.29) is 29.6 Å². The predicted octanol–water partition coefficient (Wildman–Crippen LogP) is 2.79. The standard InChI is InChI=1S/C23H32N2O4/c1-4-29-23(28)19-10-7-11-24(14-19)22(27)20-13-17-8-5-6-9-18(17)15-25(20)21(26)12-16(2)3/h5-6,8-9,16,19-20H,4,7,10-15H2,1-3H3. The second-order valence-electron chi connectivity index (χ2n) is 8.48. The summed E-state index contributed by atoms with van der Waals surface area (Å²) in [6.45, 7) is 7.64. The normalized spacial score (nSPS) is 21.7. The van der Waals surface area contributed by atoms with E-state index in [4.69, 9.17) is 4.74 Å². The van der Waals surface area contributed by atoms with Crippen LogP contribution >= 0.6 is 0 Å². The Bertz CT molecular complexity index is 761. The van der Waals surface area contributed by atoms with E-state index in [1.165, 1.54) is 0 Å². The van der Waals surface area contributed by atoms with Gasteiger partial charge in [-0.1, -0.05) is 38.1 Å². The summed E-state index contributed by atoms with van der Waals surface area (Å²) in [6, 6.07) is 7.52. The number of hydrogen-bond donors (Lipinski definition) is 0. The molecule has 0 radical (unpaired) electrons. The van der Waals surface area contributed by atoms with Crippen LogP contribution in [0.25, 0.3) is 0 Å². The first-order valence-electron chi connectivity index (χ1n) is 10.7. The van der Waals surface area contributed by atoms with Gasteiger partial charge in [0.2, 0.25) is 11.8 Å². The minimum absolute atomic E-state index is 0.0202. The van der Waals surface area contributed by atoms with E-state index in [0.717, 1.165) is 24.0 Å². The van der Waals surface area contributed by atoms with Gasteiger partial charge in [-0.2, -0.15) is 0 Å². The summed E-state index contributed by atoms with van der Waals surface area (Å²) in [5.74, 6) is -0.300. The zero-order chi connectivity index (χ0) is 21.0. The van der Waals surface area contributed by atoms with Crippen molar-refractivity contribution in [2.24, 2.45) is 11.8 Å². The Morgan fingerprint density at radius 1 is 1.17 bits per heavy atom. The lowest BCUT2D eigenvalue weighted by Gasteiger charge is -2.41. The van der Waals surface area contributed by atoms with Crippen molar-refractivity contribution >= 4 is 17.8 Å². The molecule has 6 heteroatoms. The van der Waals surface area contributed by atoms with Gasteiger partial charge >= 0.3 is 5.97 Å². The van der Waals surface area contributed by atoms with Gasteiger partial charge in [0.25, 0.3) is 0 Å². The molecular formula is C23H32N2O4. The lowest BCUT2D eigenvalue weighted by atomic mass is 9.91. The molecule has 1 aromatic rings. The van der Waals surface area contributed by atoms with Crippen LogP contribution in [-0.2, 0) is 32.1 Å².